The number of pyridine rings is 1. The van der Waals surface area contributed by atoms with Crippen LogP contribution in [-0.2, 0) is 0 Å². The van der Waals surface area contributed by atoms with Gasteiger partial charge in [-0.15, -0.1) is 6.42 Å². The summed E-state index contributed by atoms with van der Waals surface area (Å²) in [5.74, 6) is 3.16. The van der Waals surface area contributed by atoms with Crippen molar-refractivity contribution < 1.29 is 13.9 Å². The van der Waals surface area contributed by atoms with Crippen LogP contribution in [0.4, 0.5) is 15.9 Å². The lowest BCUT2D eigenvalue weighted by Gasteiger charge is -2.37. The van der Waals surface area contributed by atoms with Crippen LogP contribution in [0.15, 0.2) is 36.5 Å². The van der Waals surface area contributed by atoms with E-state index >= 15 is 0 Å². The van der Waals surface area contributed by atoms with Gasteiger partial charge in [-0.1, -0.05) is 5.92 Å². The lowest BCUT2D eigenvalue weighted by Crippen LogP contribution is -2.47. The van der Waals surface area contributed by atoms with Crippen molar-refractivity contribution in [1.29, 1.82) is 0 Å². The average Bonchev–Trinajstić information content (AvgIpc) is 2.72. The number of amides is 1. The molecule has 6 nitrogen and oxygen atoms in total. The molecule has 27 heavy (non-hydrogen) atoms. The van der Waals surface area contributed by atoms with Gasteiger partial charge in [0.2, 0.25) is 0 Å². The maximum Gasteiger partial charge on any atom is 0.253 e. The summed E-state index contributed by atoms with van der Waals surface area (Å²) >= 11 is 0. The number of hydrogen-bond acceptors (Lipinski definition) is 5. The van der Waals surface area contributed by atoms with E-state index in [1.54, 1.807) is 25.4 Å². The summed E-state index contributed by atoms with van der Waals surface area (Å²) in [5.41, 5.74) is 1.36. The molecule has 1 aromatic heterocycles. The lowest BCUT2D eigenvalue weighted by atomic mass is 10.2. The zero-order chi connectivity index (χ0) is 19.2. The highest BCUT2D eigenvalue weighted by atomic mass is 19.1. The Labute approximate surface area is 157 Å². The van der Waals surface area contributed by atoms with Gasteiger partial charge in [0.25, 0.3) is 5.91 Å². The largest absolute Gasteiger partial charge is 0.494 e. The molecular formula is C20H21FN4O2. The second kappa shape index (κ2) is 8.41. The minimum atomic E-state index is -0.315. The number of methoxy groups -OCH3 is 1. The maximum absolute atomic E-state index is 13.4. The average molecular weight is 368 g/mol. The van der Waals surface area contributed by atoms with E-state index < -0.39 is 0 Å². The first-order chi connectivity index (χ1) is 13.1. The number of ether oxygens (including phenoxy) is 1. The van der Waals surface area contributed by atoms with E-state index in [2.05, 4.69) is 26.0 Å². The van der Waals surface area contributed by atoms with Gasteiger partial charge < -0.3 is 19.9 Å². The first-order valence-electron chi connectivity index (χ1n) is 8.63. The summed E-state index contributed by atoms with van der Waals surface area (Å²) in [6, 6.07) is 8.15. The molecule has 7 heteroatoms. The van der Waals surface area contributed by atoms with Crippen molar-refractivity contribution >= 4 is 17.4 Å². The van der Waals surface area contributed by atoms with Gasteiger partial charge >= 0.3 is 0 Å². The molecule has 0 saturated carbocycles. The summed E-state index contributed by atoms with van der Waals surface area (Å²) in [7, 11) is 1.54. The minimum Gasteiger partial charge on any atom is -0.494 e. The predicted octanol–water partition coefficient (Wildman–Crippen LogP) is 1.92. The van der Waals surface area contributed by atoms with Crippen LogP contribution in [0.5, 0.6) is 5.75 Å². The molecule has 0 aliphatic carbocycles. The van der Waals surface area contributed by atoms with Gasteiger partial charge in [0.15, 0.2) is 0 Å². The molecule has 2 aromatic rings. The van der Waals surface area contributed by atoms with Crippen molar-refractivity contribution in [3.05, 3.63) is 47.9 Å². The monoisotopic (exact) mass is 368 g/mol. The number of nitrogens with zero attached hydrogens (tertiary/aromatic N) is 3. The second-order valence-corrected chi connectivity index (χ2v) is 6.08. The standard InChI is InChI=1S/C20H21FN4O2/c1-3-8-22-20(26)15-4-7-19(23-14-15)25-11-9-24(10-12-25)17-6-5-16(21)13-18(17)27-2/h1,4-7,13-14H,8-12H2,2H3,(H,22,26). The highest BCUT2D eigenvalue weighted by Gasteiger charge is 2.21. The molecule has 1 saturated heterocycles. The number of aromatic nitrogens is 1. The fourth-order valence-corrected chi connectivity index (χ4v) is 3.03. The van der Waals surface area contributed by atoms with Gasteiger partial charge in [0.1, 0.15) is 17.4 Å². The molecule has 140 valence electrons. The fraction of sp³-hybridized carbons (Fsp3) is 0.300. The van der Waals surface area contributed by atoms with Crippen molar-refractivity contribution in [2.45, 2.75) is 0 Å². The number of hydrogen-bond donors (Lipinski definition) is 1. The molecular weight excluding hydrogens is 347 g/mol. The molecule has 1 aliphatic heterocycles. The van der Waals surface area contributed by atoms with Crippen LogP contribution >= 0.6 is 0 Å². The Morgan fingerprint density at radius 3 is 2.63 bits per heavy atom. The zero-order valence-corrected chi connectivity index (χ0v) is 15.1. The Morgan fingerprint density at radius 1 is 1.26 bits per heavy atom. The molecule has 1 aromatic carbocycles. The number of carbonyl (C=O) groups is 1. The second-order valence-electron chi connectivity index (χ2n) is 6.08. The first kappa shape index (κ1) is 18.5. The van der Waals surface area contributed by atoms with E-state index in [1.165, 1.54) is 12.1 Å². The fourth-order valence-electron chi connectivity index (χ4n) is 3.03. The number of terminal acetylenes is 1. The minimum absolute atomic E-state index is 0.190. The predicted molar refractivity (Wildman–Crippen MR) is 103 cm³/mol. The van der Waals surface area contributed by atoms with Crippen LogP contribution in [0.2, 0.25) is 0 Å². The van der Waals surface area contributed by atoms with Crippen molar-refractivity contribution in [2.75, 3.05) is 49.6 Å². The van der Waals surface area contributed by atoms with Crippen molar-refractivity contribution in [2.24, 2.45) is 0 Å². The van der Waals surface area contributed by atoms with Crippen molar-refractivity contribution in [3.63, 3.8) is 0 Å². The van der Waals surface area contributed by atoms with E-state index in [1.807, 2.05) is 6.07 Å². The van der Waals surface area contributed by atoms with Gasteiger partial charge in [0, 0.05) is 38.4 Å². The van der Waals surface area contributed by atoms with Crippen LogP contribution in [0.3, 0.4) is 0 Å². The molecule has 0 unspecified atom stereocenters. The molecule has 3 rings (SSSR count). The number of nitrogens with one attached hydrogen (secondary N) is 1. The zero-order valence-electron chi connectivity index (χ0n) is 15.1. The van der Waals surface area contributed by atoms with Crippen molar-refractivity contribution in [3.8, 4) is 18.1 Å². The smallest absolute Gasteiger partial charge is 0.253 e. The van der Waals surface area contributed by atoms with Crippen LogP contribution < -0.4 is 19.9 Å². The molecule has 2 heterocycles. The Kier molecular flexibility index (Phi) is 5.77. The number of piperazine rings is 1. The molecule has 1 amide bonds. The molecule has 0 spiro atoms. The number of benzene rings is 1. The normalized spacial score (nSPS) is 13.8. The van der Waals surface area contributed by atoms with E-state index in [0.717, 1.165) is 37.7 Å². The summed E-state index contributed by atoms with van der Waals surface area (Å²) in [6.45, 7) is 3.23. The van der Waals surface area contributed by atoms with Crippen LogP contribution in [-0.4, -0.2) is 50.7 Å². The summed E-state index contributed by atoms with van der Waals surface area (Å²) < 4.78 is 18.7. The molecule has 1 N–H and O–H groups in total. The maximum atomic E-state index is 13.4. The van der Waals surface area contributed by atoms with Gasteiger partial charge in [-0.25, -0.2) is 9.37 Å². The number of anilines is 2. The Balaban J connectivity index is 1.62. The number of rotatable bonds is 5. The topological polar surface area (TPSA) is 57.7 Å². The third-order valence-electron chi connectivity index (χ3n) is 4.45. The molecule has 0 bridgehead atoms. The first-order valence-corrected chi connectivity index (χ1v) is 8.63. The summed E-state index contributed by atoms with van der Waals surface area (Å²) in [6.07, 6.45) is 6.69. The van der Waals surface area contributed by atoms with Gasteiger partial charge in [-0.05, 0) is 24.3 Å². The quantitative estimate of drug-likeness (QED) is 0.818. The Bertz CT molecular complexity index is 840. The van der Waals surface area contributed by atoms with Crippen LogP contribution in [0.25, 0.3) is 0 Å². The van der Waals surface area contributed by atoms with E-state index in [-0.39, 0.29) is 18.3 Å². The van der Waals surface area contributed by atoms with Gasteiger partial charge in [-0.3, -0.25) is 4.79 Å². The van der Waals surface area contributed by atoms with Gasteiger partial charge in [0.05, 0.1) is 24.9 Å². The summed E-state index contributed by atoms with van der Waals surface area (Å²) in [4.78, 5) is 20.6. The SMILES string of the molecule is C#CCNC(=O)c1ccc(N2CCN(c3ccc(F)cc3OC)CC2)nc1. The van der Waals surface area contributed by atoms with Crippen LogP contribution in [0, 0.1) is 18.2 Å². The van der Waals surface area contributed by atoms with E-state index in [0.29, 0.717) is 11.3 Å². The molecule has 0 radical (unpaired) electrons. The van der Waals surface area contributed by atoms with Crippen molar-refractivity contribution in [1.82, 2.24) is 10.3 Å². The Morgan fingerprint density at radius 2 is 2.00 bits per heavy atom. The highest BCUT2D eigenvalue weighted by Crippen LogP contribution is 2.30. The third-order valence-corrected chi connectivity index (χ3v) is 4.45. The lowest BCUT2D eigenvalue weighted by molar-refractivity contribution is 0.0958. The third kappa shape index (κ3) is 4.29. The Hall–Kier alpha value is -3.27. The highest BCUT2D eigenvalue weighted by molar-refractivity contribution is 5.94. The van der Waals surface area contributed by atoms with Gasteiger partial charge in [-0.2, -0.15) is 0 Å². The number of carbonyl (C=O) groups excluding carboxylic acids is 1. The molecule has 1 fully saturated rings. The van der Waals surface area contributed by atoms with E-state index in [4.69, 9.17) is 11.2 Å². The molecule has 0 atom stereocenters. The number of halogens is 1. The van der Waals surface area contributed by atoms with Crippen LogP contribution in [0.1, 0.15) is 10.4 Å². The molecule has 1 aliphatic rings. The summed E-state index contributed by atoms with van der Waals surface area (Å²) in [5, 5.41) is 2.61. The van der Waals surface area contributed by atoms with E-state index in [9.17, 15) is 9.18 Å².